The van der Waals surface area contributed by atoms with Gasteiger partial charge in [0.2, 0.25) is 5.88 Å². The van der Waals surface area contributed by atoms with Gasteiger partial charge in [-0.1, -0.05) is 40.2 Å². The summed E-state index contributed by atoms with van der Waals surface area (Å²) >= 11 is 3.64. The van der Waals surface area contributed by atoms with Gasteiger partial charge in [0.1, 0.15) is 0 Å². The maximum absolute atomic E-state index is 5.07. The molecule has 0 bridgehead atoms. The number of rotatable bonds is 5. The van der Waals surface area contributed by atoms with Gasteiger partial charge < -0.3 is 10.1 Å². The van der Waals surface area contributed by atoms with E-state index >= 15 is 0 Å². The molecule has 0 radical (unpaired) electrons. The van der Waals surface area contributed by atoms with Crippen molar-refractivity contribution in [3.05, 3.63) is 58.2 Å². The van der Waals surface area contributed by atoms with E-state index in [1.54, 1.807) is 7.11 Å². The van der Waals surface area contributed by atoms with Crippen LogP contribution in [0.15, 0.2) is 47.1 Å². The zero-order valence-electron chi connectivity index (χ0n) is 12.1. The van der Waals surface area contributed by atoms with Crippen molar-refractivity contribution in [3.8, 4) is 5.88 Å². The van der Waals surface area contributed by atoms with Gasteiger partial charge in [-0.25, -0.2) is 4.98 Å². The summed E-state index contributed by atoms with van der Waals surface area (Å²) in [7, 11) is 1.64. The molecule has 3 nitrogen and oxygen atoms in total. The molecule has 4 heteroatoms. The third-order valence-electron chi connectivity index (χ3n) is 4.08. The largest absolute Gasteiger partial charge is 0.481 e. The Morgan fingerprint density at radius 3 is 2.71 bits per heavy atom. The second kappa shape index (κ2) is 6.58. The topological polar surface area (TPSA) is 34.1 Å². The predicted octanol–water partition coefficient (Wildman–Crippen LogP) is 3.89. The maximum atomic E-state index is 5.07. The highest BCUT2D eigenvalue weighted by atomic mass is 79.9. The normalized spacial score (nSPS) is 20.9. The van der Waals surface area contributed by atoms with Crippen LogP contribution in [0.2, 0.25) is 0 Å². The van der Waals surface area contributed by atoms with Crippen LogP contribution in [0, 0.1) is 0 Å². The summed E-state index contributed by atoms with van der Waals surface area (Å²) in [6.45, 7) is 0.865. The number of ether oxygens (including phenoxy) is 1. The molecule has 1 aliphatic carbocycles. The molecule has 1 aromatic carbocycles. The molecule has 0 atom stereocenters. The molecule has 0 unspecified atom stereocenters. The zero-order valence-corrected chi connectivity index (χ0v) is 13.6. The smallest absolute Gasteiger partial charge is 0.212 e. The molecule has 0 amide bonds. The summed E-state index contributed by atoms with van der Waals surface area (Å²) in [5.41, 5.74) is 2.63. The molecule has 0 saturated heterocycles. The van der Waals surface area contributed by atoms with Crippen LogP contribution < -0.4 is 10.1 Å². The third kappa shape index (κ3) is 3.44. The molecular formula is C17H19BrN2O. The number of nitrogens with zero attached hydrogens (tertiary/aromatic N) is 1. The number of nitrogens with one attached hydrogen (secondary N) is 1. The van der Waals surface area contributed by atoms with Crippen molar-refractivity contribution in [2.45, 2.75) is 31.3 Å². The second-order valence-corrected chi connectivity index (χ2v) is 6.33. The Morgan fingerprint density at radius 1 is 1.24 bits per heavy atom. The third-order valence-corrected chi connectivity index (χ3v) is 4.81. The number of halogens is 1. The Balaban J connectivity index is 1.48. The molecule has 1 aliphatic rings. The summed E-state index contributed by atoms with van der Waals surface area (Å²) in [6.07, 6.45) is 4.27. The van der Waals surface area contributed by atoms with Crippen molar-refractivity contribution < 1.29 is 4.74 Å². The van der Waals surface area contributed by atoms with Crippen LogP contribution >= 0.6 is 15.9 Å². The minimum absolute atomic E-state index is 0.601. The minimum atomic E-state index is 0.601. The van der Waals surface area contributed by atoms with Gasteiger partial charge in [0.05, 0.1) is 7.11 Å². The van der Waals surface area contributed by atoms with Crippen LogP contribution in [0.1, 0.15) is 29.9 Å². The van der Waals surface area contributed by atoms with Gasteiger partial charge in [-0.05, 0) is 36.0 Å². The molecular weight excluding hydrogens is 328 g/mol. The van der Waals surface area contributed by atoms with Gasteiger partial charge in [0.15, 0.2) is 0 Å². The predicted molar refractivity (Wildman–Crippen MR) is 87.5 cm³/mol. The first-order valence-corrected chi connectivity index (χ1v) is 8.02. The van der Waals surface area contributed by atoms with Crippen molar-refractivity contribution in [3.63, 3.8) is 0 Å². The minimum Gasteiger partial charge on any atom is -0.481 e. The molecule has 0 spiro atoms. The van der Waals surface area contributed by atoms with Gasteiger partial charge in [-0.3, -0.25) is 0 Å². The highest BCUT2D eigenvalue weighted by Crippen LogP contribution is 2.40. The van der Waals surface area contributed by atoms with Crippen molar-refractivity contribution in [2.24, 2.45) is 0 Å². The SMILES string of the molecule is COc1ccc(CNC2CC(c3ccccc3Br)C2)cn1. The molecule has 1 aromatic heterocycles. The number of pyridine rings is 1. The van der Waals surface area contributed by atoms with E-state index in [4.69, 9.17) is 4.74 Å². The van der Waals surface area contributed by atoms with Crippen molar-refractivity contribution in [1.82, 2.24) is 10.3 Å². The van der Waals surface area contributed by atoms with Crippen molar-refractivity contribution in [2.75, 3.05) is 7.11 Å². The van der Waals surface area contributed by atoms with E-state index in [2.05, 4.69) is 56.6 Å². The fourth-order valence-electron chi connectivity index (χ4n) is 2.74. The molecule has 3 rings (SSSR count). The summed E-state index contributed by atoms with van der Waals surface area (Å²) < 4.78 is 6.29. The molecule has 1 fully saturated rings. The number of benzene rings is 1. The average molecular weight is 347 g/mol. The quantitative estimate of drug-likeness (QED) is 0.891. The van der Waals surface area contributed by atoms with Crippen LogP contribution in [0.25, 0.3) is 0 Å². The molecule has 1 saturated carbocycles. The molecule has 0 aliphatic heterocycles. The lowest BCUT2D eigenvalue weighted by molar-refractivity contribution is 0.288. The highest BCUT2D eigenvalue weighted by molar-refractivity contribution is 9.10. The lowest BCUT2D eigenvalue weighted by atomic mass is 9.76. The van der Waals surface area contributed by atoms with Crippen LogP contribution in [-0.2, 0) is 6.54 Å². The summed E-state index contributed by atoms with van der Waals surface area (Å²) in [5.74, 6) is 1.34. The Labute approximate surface area is 133 Å². The van der Waals surface area contributed by atoms with Crippen LogP contribution in [0.4, 0.5) is 0 Å². The Bertz CT molecular complexity index is 594. The lowest BCUT2D eigenvalue weighted by Gasteiger charge is -2.37. The van der Waals surface area contributed by atoms with E-state index < -0.39 is 0 Å². The number of aromatic nitrogens is 1. The van der Waals surface area contributed by atoms with E-state index in [0.29, 0.717) is 17.8 Å². The zero-order chi connectivity index (χ0) is 14.7. The van der Waals surface area contributed by atoms with E-state index in [9.17, 15) is 0 Å². The summed E-state index contributed by atoms with van der Waals surface area (Å²) in [5, 5.41) is 3.60. The van der Waals surface area contributed by atoms with E-state index in [1.165, 1.54) is 28.4 Å². The Hall–Kier alpha value is -1.39. The highest BCUT2D eigenvalue weighted by Gasteiger charge is 2.30. The van der Waals surface area contributed by atoms with Gasteiger partial charge >= 0.3 is 0 Å². The fraction of sp³-hybridized carbons (Fsp3) is 0.353. The van der Waals surface area contributed by atoms with Crippen LogP contribution in [0.3, 0.4) is 0 Å². The van der Waals surface area contributed by atoms with Gasteiger partial charge in [-0.15, -0.1) is 0 Å². The molecule has 2 aromatic rings. The molecule has 1 N–H and O–H groups in total. The molecule has 110 valence electrons. The summed E-state index contributed by atoms with van der Waals surface area (Å²) in [6, 6.07) is 13.1. The Morgan fingerprint density at radius 2 is 2.05 bits per heavy atom. The fourth-order valence-corrected chi connectivity index (χ4v) is 3.35. The molecule has 21 heavy (non-hydrogen) atoms. The number of methoxy groups -OCH3 is 1. The number of hydrogen-bond donors (Lipinski definition) is 1. The van der Waals surface area contributed by atoms with Crippen LogP contribution in [0.5, 0.6) is 5.88 Å². The first kappa shape index (κ1) is 14.5. The molecule has 1 heterocycles. The van der Waals surface area contributed by atoms with Crippen molar-refractivity contribution in [1.29, 1.82) is 0 Å². The van der Waals surface area contributed by atoms with E-state index in [0.717, 1.165) is 6.54 Å². The second-order valence-electron chi connectivity index (χ2n) is 5.48. The maximum Gasteiger partial charge on any atom is 0.212 e. The first-order valence-electron chi connectivity index (χ1n) is 7.23. The lowest BCUT2D eigenvalue weighted by Crippen LogP contribution is -2.39. The standard InChI is InChI=1S/C17H19BrN2O/c1-21-17-7-6-12(11-20-17)10-19-14-8-13(9-14)15-4-2-3-5-16(15)18/h2-7,11,13-14,19H,8-10H2,1H3. The monoisotopic (exact) mass is 346 g/mol. The van der Waals surface area contributed by atoms with Gasteiger partial charge in [-0.2, -0.15) is 0 Å². The van der Waals surface area contributed by atoms with E-state index in [-0.39, 0.29) is 0 Å². The van der Waals surface area contributed by atoms with Gasteiger partial charge in [0.25, 0.3) is 0 Å². The number of hydrogen-bond acceptors (Lipinski definition) is 3. The van der Waals surface area contributed by atoms with E-state index in [1.807, 2.05) is 12.3 Å². The Kier molecular flexibility index (Phi) is 4.56. The van der Waals surface area contributed by atoms with Crippen LogP contribution in [-0.4, -0.2) is 18.1 Å². The first-order chi connectivity index (χ1) is 10.3. The summed E-state index contributed by atoms with van der Waals surface area (Å²) in [4.78, 5) is 4.22. The van der Waals surface area contributed by atoms with Gasteiger partial charge in [0, 0.05) is 29.3 Å². The van der Waals surface area contributed by atoms with Crippen molar-refractivity contribution >= 4 is 15.9 Å². The average Bonchev–Trinajstić information content (AvgIpc) is 2.48.